The molecule has 0 bridgehead atoms. The second kappa shape index (κ2) is 7.68. The van der Waals surface area contributed by atoms with Crippen LogP contribution in [0.1, 0.15) is 43.2 Å². The summed E-state index contributed by atoms with van der Waals surface area (Å²) in [6.07, 6.45) is 5.82. The number of carbonyl (C=O) groups excluding carboxylic acids is 1. The van der Waals surface area contributed by atoms with Crippen LogP contribution in [0.2, 0.25) is 0 Å². The highest BCUT2D eigenvalue weighted by molar-refractivity contribution is 6.17. The monoisotopic (exact) mass is 293 g/mol. The number of nitrogens with zero attached hydrogens (tertiary/aromatic N) is 1. The van der Waals surface area contributed by atoms with E-state index in [-0.39, 0.29) is 0 Å². The average molecular weight is 294 g/mol. The molecular weight excluding hydrogens is 270 g/mol. The van der Waals surface area contributed by atoms with Gasteiger partial charge in [0.1, 0.15) is 0 Å². The van der Waals surface area contributed by atoms with Crippen molar-refractivity contribution >= 4 is 17.5 Å². The summed E-state index contributed by atoms with van der Waals surface area (Å²) in [5.41, 5.74) is 2.52. The molecule has 1 heterocycles. The number of hydrogen-bond acceptors (Lipinski definition) is 1. The molecule has 110 valence electrons. The standard InChI is InChI=1S/C17H24ClNO/c1-14-5-2-6-15(13-14)9-10-17(20)19-12-4-8-16(19)7-3-11-18/h2,5-6,13,16H,3-4,7-12H2,1H3. The van der Waals surface area contributed by atoms with Crippen molar-refractivity contribution in [2.45, 2.75) is 51.5 Å². The molecule has 1 aliphatic heterocycles. The second-order valence-electron chi connectivity index (χ2n) is 5.70. The third kappa shape index (κ3) is 4.24. The Bertz CT molecular complexity index is 446. The van der Waals surface area contributed by atoms with Crippen molar-refractivity contribution < 1.29 is 4.79 Å². The third-order valence-corrected chi connectivity index (χ3v) is 4.35. The van der Waals surface area contributed by atoms with E-state index in [9.17, 15) is 4.79 Å². The van der Waals surface area contributed by atoms with E-state index in [2.05, 4.69) is 36.1 Å². The fourth-order valence-electron chi connectivity index (χ4n) is 3.04. The van der Waals surface area contributed by atoms with Crippen molar-refractivity contribution in [3.05, 3.63) is 35.4 Å². The molecule has 2 nitrogen and oxygen atoms in total. The fourth-order valence-corrected chi connectivity index (χ4v) is 3.19. The molecule has 1 aromatic carbocycles. The lowest BCUT2D eigenvalue weighted by Crippen LogP contribution is -2.35. The first kappa shape index (κ1) is 15.4. The highest BCUT2D eigenvalue weighted by atomic mass is 35.5. The van der Waals surface area contributed by atoms with Gasteiger partial charge in [0.25, 0.3) is 0 Å². The molecule has 0 saturated carbocycles. The fraction of sp³-hybridized carbons (Fsp3) is 0.588. The summed E-state index contributed by atoms with van der Waals surface area (Å²) in [5, 5.41) is 0. The van der Waals surface area contributed by atoms with Gasteiger partial charge in [0, 0.05) is 24.9 Å². The van der Waals surface area contributed by atoms with Crippen molar-refractivity contribution in [3.8, 4) is 0 Å². The minimum atomic E-state index is 0.309. The summed E-state index contributed by atoms with van der Waals surface area (Å²) >= 11 is 5.76. The summed E-state index contributed by atoms with van der Waals surface area (Å²) in [6.45, 7) is 3.02. The van der Waals surface area contributed by atoms with E-state index in [1.807, 2.05) is 0 Å². The summed E-state index contributed by atoms with van der Waals surface area (Å²) in [4.78, 5) is 14.5. The van der Waals surface area contributed by atoms with Crippen LogP contribution in [-0.4, -0.2) is 29.3 Å². The number of halogens is 1. The molecule has 3 heteroatoms. The highest BCUT2D eigenvalue weighted by Crippen LogP contribution is 2.23. The molecule has 1 unspecified atom stereocenters. The number of benzene rings is 1. The Hall–Kier alpha value is -1.02. The Morgan fingerprint density at radius 1 is 1.45 bits per heavy atom. The Kier molecular flexibility index (Phi) is 5.90. The van der Waals surface area contributed by atoms with Crippen molar-refractivity contribution in [1.82, 2.24) is 4.90 Å². The van der Waals surface area contributed by atoms with Gasteiger partial charge in [-0.2, -0.15) is 0 Å². The Labute approximate surface area is 127 Å². The van der Waals surface area contributed by atoms with Gasteiger partial charge in [0.05, 0.1) is 0 Å². The van der Waals surface area contributed by atoms with Crippen LogP contribution in [-0.2, 0) is 11.2 Å². The zero-order chi connectivity index (χ0) is 14.4. The smallest absolute Gasteiger partial charge is 0.223 e. The molecule has 1 amide bonds. The van der Waals surface area contributed by atoms with Crippen molar-refractivity contribution in [2.24, 2.45) is 0 Å². The number of rotatable bonds is 6. The zero-order valence-electron chi connectivity index (χ0n) is 12.3. The van der Waals surface area contributed by atoms with Gasteiger partial charge in [-0.3, -0.25) is 4.79 Å². The van der Waals surface area contributed by atoms with Crippen LogP contribution in [0.25, 0.3) is 0 Å². The van der Waals surface area contributed by atoms with Crippen LogP contribution in [0.3, 0.4) is 0 Å². The maximum absolute atomic E-state index is 12.4. The van der Waals surface area contributed by atoms with E-state index in [1.165, 1.54) is 11.1 Å². The molecular formula is C17H24ClNO. The predicted molar refractivity (Wildman–Crippen MR) is 84.2 cm³/mol. The minimum absolute atomic E-state index is 0.309. The van der Waals surface area contributed by atoms with Gasteiger partial charge in [-0.15, -0.1) is 11.6 Å². The van der Waals surface area contributed by atoms with Crippen molar-refractivity contribution in [1.29, 1.82) is 0 Å². The number of amides is 1. The van der Waals surface area contributed by atoms with E-state index >= 15 is 0 Å². The predicted octanol–water partition coefficient (Wildman–Crippen LogP) is 3.94. The summed E-state index contributed by atoms with van der Waals surface area (Å²) in [7, 11) is 0. The highest BCUT2D eigenvalue weighted by Gasteiger charge is 2.27. The first-order chi connectivity index (χ1) is 9.70. The molecule has 2 rings (SSSR count). The van der Waals surface area contributed by atoms with E-state index in [1.54, 1.807) is 0 Å². The average Bonchev–Trinajstić information content (AvgIpc) is 2.91. The maximum atomic E-state index is 12.4. The SMILES string of the molecule is Cc1cccc(CCC(=O)N2CCCC2CCCCl)c1. The minimum Gasteiger partial charge on any atom is -0.340 e. The number of likely N-dealkylation sites (tertiary alicyclic amines) is 1. The number of hydrogen-bond donors (Lipinski definition) is 0. The van der Waals surface area contributed by atoms with Gasteiger partial charge >= 0.3 is 0 Å². The lowest BCUT2D eigenvalue weighted by molar-refractivity contribution is -0.132. The van der Waals surface area contributed by atoms with Gasteiger partial charge in [-0.25, -0.2) is 0 Å². The van der Waals surface area contributed by atoms with Crippen LogP contribution >= 0.6 is 11.6 Å². The number of carbonyl (C=O) groups is 1. The molecule has 0 aromatic heterocycles. The number of alkyl halides is 1. The maximum Gasteiger partial charge on any atom is 0.223 e. The van der Waals surface area contributed by atoms with Gasteiger partial charge in [0.15, 0.2) is 0 Å². The third-order valence-electron chi connectivity index (χ3n) is 4.08. The lowest BCUT2D eigenvalue weighted by Gasteiger charge is -2.24. The van der Waals surface area contributed by atoms with Gasteiger partial charge < -0.3 is 4.90 Å². The zero-order valence-corrected chi connectivity index (χ0v) is 13.0. The van der Waals surface area contributed by atoms with Gasteiger partial charge in [0.2, 0.25) is 5.91 Å². The van der Waals surface area contributed by atoms with Crippen LogP contribution in [0.4, 0.5) is 0 Å². The van der Waals surface area contributed by atoms with Crippen LogP contribution in [0.5, 0.6) is 0 Å². The lowest BCUT2D eigenvalue weighted by atomic mass is 10.1. The van der Waals surface area contributed by atoms with Crippen molar-refractivity contribution in [2.75, 3.05) is 12.4 Å². The van der Waals surface area contributed by atoms with Gasteiger partial charge in [-0.05, 0) is 44.6 Å². The molecule has 1 fully saturated rings. The largest absolute Gasteiger partial charge is 0.340 e. The van der Waals surface area contributed by atoms with Crippen LogP contribution < -0.4 is 0 Å². The normalized spacial score (nSPS) is 18.5. The summed E-state index contributed by atoms with van der Waals surface area (Å²) in [6, 6.07) is 8.86. The summed E-state index contributed by atoms with van der Waals surface area (Å²) < 4.78 is 0. The molecule has 1 aliphatic rings. The van der Waals surface area contributed by atoms with Gasteiger partial charge in [-0.1, -0.05) is 29.8 Å². The molecule has 0 aliphatic carbocycles. The van der Waals surface area contributed by atoms with E-state index in [4.69, 9.17) is 11.6 Å². The quantitative estimate of drug-likeness (QED) is 0.728. The molecule has 20 heavy (non-hydrogen) atoms. The molecule has 0 spiro atoms. The van der Waals surface area contributed by atoms with Crippen LogP contribution in [0.15, 0.2) is 24.3 Å². The first-order valence-corrected chi connectivity index (χ1v) is 8.15. The second-order valence-corrected chi connectivity index (χ2v) is 6.08. The Morgan fingerprint density at radius 3 is 3.05 bits per heavy atom. The van der Waals surface area contributed by atoms with E-state index < -0.39 is 0 Å². The number of aryl methyl sites for hydroxylation is 2. The van der Waals surface area contributed by atoms with Crippen molar-refractivity contribution in [3.63, 3.8) is 0 Å². The van der Waals surface area contributed by atoms with E-state index in [0.29, 0.717) is 24.2 Å². The van der Waals surface area contributed by atoms with Crippen LogP contribution in [0, 0.1) is 6.92 Å². The topological polar surface area (TPSA) is 20.3 Å². The molecule has 0 radical (unpaired) electrons. The molecule has 1 saturated heterocycles. The Morgan fingerprint density at radius 2 is 2.30 bits per heavy atom. The van der Waals surface area contributed by atoms with E-state index in [0.717, 1.165) is 38.6 Å². The molecule has 1 atom stereocenters. The molecule has 0 N–H and O–H groups in total. The summed E-state index contributed by atoms with van der Waals surface area (Å²) in [5.74, 6) is 1.01. The Balaban J connectivity index is 1.84. The molecule has 1 aromatic rings. The first-order valence-electron chi connectivity index (χ1n) is 7.61.